The van der Waals surface area contributed by atoms with Gasteiger partial charge in [-0.05, 0) is 6.07 Å². The fraction of sp³-hybridized carbons (Fsp3) is 0.294. The van der Waals surface area contributed by atoms with Crippen molar-refractivity contribution in [2.75, 3.05) is 13.7 Å². The molecule has 0 aliphatic rings. The van der Waals surface area contributed by atoms with E-state index < -0.39 is 4.92 Å². The Labute approximate surface area is 149 Å². The molecular weight excluding hydrogens is 338 g/mol. The summed E-state index contributed by atoms with van der Waals surface area (Å²) >= 11 is 0. The van der Waals surface area contributed by atoms with Crippen LogP contribution in [0.4, 0.5) is 5.69 Å². The highest BCUT2D eigenvalue weighted by Gasteiger charge is 2.16. The van der Waals surface area contributed by atoms with Gasteiger partial charge in [-0.15, -0.1) is 0 Å². The molecule has 0 spiro atoms. The van der Waals surface area contributed by atoms with Crippen LogP contribution >= 0.6 is 0 Å². The highest BCUT2D eigenvalue weighted by Crippen LogP contribution is 2.20. The van der Waals surface area contributed by atoms with Gasteiger partial charge in [0.2, 0.25) is 0 Å². The molecule has 0 N–H and O–H groups in total. The zero-order chi connectivity index (χ0) is 19.1. The lowest BCUT2D eigenvalue weighted by molar-refractivity contribution is -0.384. The minimum absolute atomic E-state index is 0.160. The standard InChI is InChI=1S/C15H13N5O4.C2H6/c1-24-7-6-19-14(13-9-16-4-5-17-13)18-12-3-2-10(20(22)23)8-11(12)15(19)21;1-2/h2-5,8-9H,6-7H2,1H3;1-2H3. The molecule has 0 amide bonds. The monoisotopic (exact) mass is 357 g/mol. The molecule has 3 aromatic rings. The van der Waals surface area contributed by atoms with Crippen molar-refractivity contribution in [3.8, 4) is 11.5 Å². The van der Waals surface area contributed by atoms with E-state index in [2.05, 4.69) is 15.0 Å². The van der Waals surface area contributed by atoms with Gasteiger partial charge in [-0.2, -0.15) is 0 Å². The number of non-ortho nitro benzene ring substituents is 1. The van der Waals surface area contributed by atoms with E-state index in [0.29, 0.717) is 17.0 Å². The van der Waals surface area contributed by atoms with Gasteiger partial charge in [0.1, 0.15) is 5.69 Å². The summed E-state index contributed by atoms with van der Waals surface area (Å²) in [5.74, 6) is 0.339. The first-order chi connectivity index (χ1) is 12.6. The summed E-state index contributed by atoms with van der Waals surface area (Å²) in [4.78, 5) is 35.8. The van der Waals surface area contributed by atoms with Gasteiger partial charge in [0, 0.05) is 31.6 Å². The fourth-order valence-corrected chi connectivity index (χ4v) is 2.32. The summed E-state index contributed by atoms with van der Waals surface area (Å²) in [5, 5.41) is 11.1. The van der Waals surface area contributed by atoms with Gasteiger partial charge in [-0.3, -0.25) is 24.5 Å². The van der Waals surface area contributed by atoms with E-state index in [-0.39, 0.29) is 29.8 Å². The van der Waals surface area contributed by atoms with Crippen LogP contribution in [-0.2, 0) is 11.3 Å². The molecule has 0 saturated carbocycles. The van der Waals surface area contributed by atoms with E-state index >= 15 is 0 Å². The third kappa shape index (κ3) is 3.89. The summed E-state index contributed by atoms with van der Waals surface area (Å²) in [6, 6.07) is 4.00. The van der Waals surface area contributed by atoms with Gasteiger partial charge < -0.3 is 4.74 Å². The van der Waals surface area contributed by atoms with Gasteiger partial charge in [0.15, 0.2) is 5.82 Å². The van der Waals surface area contributed by atoms with Crippen molar-refractivity contribution in [2.24, 2.45) is 0 Å². The van der Waals surface area contributed by atoms with Gasteiger partial charge in [-0.25, -0.2) is 9.97 Å². The largest absolute Gasteiger partial charge is 0.383 e. The SMILES string of the molecule is CC.COCCn1c(-c2cnccn2)nc2ccc([N+](=O)[O-])cc2c1=O. The molecule has 0 aliphatic heterocycles. The normalized spacial score (nSPS) is 10.3. The number of aromatic nitrogens is 4. The molecule has 9 heteroatoms. The molecule has 0 atom stereocenters. The Morgan fingerprint density at radius 2 is 2.04 bits per heavy atom. The van der Waals surface area contributed by atoms with Gasteiger partial charge in [-0.1, -0.05) is 13.8 Å². The number of ether oxygens (including phenoxy) is 1. The molecule has 136 valence electrons. The second kappa shape index (κ2) is 8.77. The molecule has 0 radical (unpaired) electrons. The maximum Gasteiger partial charge on any atom is 0.270 e. The molecule has 0 aliphatic carbocycles. The summed E-state index contributed by atoms with van der Waals surface area (Å²) in [7, 11) is 1.52. The van der Waals surface area contributed by atoms with Crippen LogP contribution < -0.4 is 5.56 Å². The van der Waals surface area contributed by atoms with E-state index in [1.165, 1.54) is 48.5 Å². The molecule has 0 fully saturated rings. The zero-order valence-corrected chi connectivity index (χ0v) is 14.7. The van der Waals surface area contributed by atoms with E-state index in [1.54, 1.807) is 0 Å². The second-order valence-corrected chi connectivity index (χ2v) is 4.93. The zero-order valence-electron chi connectivity index (χ0n) is 14.7. The maximum absolute atomic E-state index is 12.8. The first kappa shape index (κ1) is 19.1. The average molecular weight is 357 g/mol. The molecule has 26 heavy (non-hydrogen) atoms. The minimum Gasteiger partial charge on any atom is -0.383 e. The van der Waals surface area contributed by atoms with Crippen molar-refractivity contribution in [3.63, 3.8) is 0 Å². The van der Waals surface area contributed by atoms with Crippen LogP contribution in [0.15, 0.2) is 41.6 Å². The quantitative estimate of drug-likeness (QED) is 0.509. The number of hydrogen-bond acceptors (Lipinski definition) is 7. The number of nitrogens with zero attached hydrogens (tertiary/aromatic N) is 5. The lowest BCUT2D eigenvalue weighted by Crippen LogP contribution is -2.25. The summed E-state index contributed by atoms with van der Waals surface area (Å²) in [5.41, 5.74) is 0.249. The van der Waals surface area contributed by atoms with E-state index in [4.69, 9.17) is 4.74 Å². The molecule has 1 aromatic carbocycles. The number of nitro benzene ring substituents is 1. The van der Waals surface area contributed by atoms with Crippen molar-refractivity contribution in [2.45, 2.75) is 20.4 Å². The van der Waals surface area contributed by atoms with Crippen LogP contribution in [0.1, 0.15) is 13.8 Å². The Balaban J connectivity index is 0.00000117. The topological polar surface area (TPSA) is 113 Å². The number of rotatable bonds is 5. The van der Waals surface area contributed by atoms with Crippen molar-refractivity contribution < 1.29 is 9.66 Å². The number of nitro groups is 1. The molecule has 0 unspecified atom stereocenters. The Bertz CT molecular complexity index is 957. The maximum atomic E-state index is 12.8. The Hall–Kier alpha value is -3.20. The number of hydrogen-bond donors (Lipinski definition) is 0. The number of methoxy groups -OCH3 is 1. The fourth-order valence-electron chi connectivity index (χ4n) is 2.32. The first-order valence-electron chi connectivity index (χ1n) is 8.06. The van der Waals surface area contributed by atoms with Crippen molar-refractivity contribution in [3.05, 3.63) is 57.3 Å². The Morgan fingerprint density at radius 3 is 2.65 bits per heavy atom. The number of fused-ring (bicyclic) bond motifs is 1. The molecule has 0 saturated heterocycles. The molecule has 2 heterocycles. The van der Waals surface area contributed by atoms with Gasteiger partial charge >= 0.3 is 0 Å². The highest BCUT2D eigenvalue weighted by atomic mass is 16.6. The van der Waals surface area contributed by atoms with E-state index in [0.717, 1.165) is 0 Å². The Kier molecular flexibility index (Phi) is 6.45. The lowest BCUT2D eigenvalue weighted by Gasteiger charge is -2.12. The lowest BCUT2D eigenvalue weighted by atomic mass is 10.2. The van der Waals surface area contributed by atoms with E-state index in [1.807, 2.05) is 13.8 Å². The van der Waals surface area contributed by atoms with Crippen LogP contribution in [0.25, 0.3) is 22.4 Å². The summed E-state index contributed by atoms with van der Waals surface area (Å²) in [6.45, 7) is 4.53. The van der Waals surface area contributed by atoms with Crippen LogP contribution in [-0.4, -0.2) is 38.2 Å². The number of benzene rings is 1. The minimum atomic E-state index is -0.547. The molecule has 9 nitrogen and oxygen atoms in total. The molecule has 3 rings (SSSR count). The van der Waals surface area contributed by atoms with Crippen LogP contribution in [0, 0.1) is 10.1 Å². The predicted octanol–water partition coefficient (Wildman–Crippen LogP) is 2.43. The van der Waals surface area contributed by atoms with Crippen LogP contribution in [0.5, 0.6) is 0 Å². The highest BCUT2D eigenvalue weighted by molar-refractivity contribution is 5.81. The molecule has 2 aromatic heterocycles. The molecular formula is C17H19N5O4. The van der Waals surface area contributed by atoms with Crippen molar-refractivity contribution >= 4 is 16.6 Å². The smallest absolute Gasteiger partial charge is 0.270 e. The predicted molar refractivity (Wildman–Crippen MR) is 96.9 cm³/mol. The van der Waals surface area contributed by atoms with Crippen LogP contribution in [0.2, 0.25) is 0 Å². The van der Waals surface area contributed by atoms with Gasteiger partial charge in [0.25, 0.3) is 11.2 Å². The summed E-state index contributed by atoms with van der Waals surface area (Å²) < 4.78 is 6.42. The van der Waals surface area contributed by atoms with Crippen LogP contribution in [0.3, 0.4) is 0 Å². The average Bonchev–Trinajstić information content (AvgIpc) is 2.69. The second-order valence-electron chi connectivity index (χ2n) is 4.93. The van der Waals surface area contributed by atoms with Crippen molar-refractivity contribution in [1.82, 2.24) is 19.5 Å². The van der Waals surface area contributed by atoms with Gasteiger partial charge in [0.05, 0.1) is 35.2 Å². The Morgan fingerprint density at radius 1 is 1.27 bits per heavy atom. The van der Waals surface area contributed by atoms with Crippen molar-refractivity contribution in [1.29, 1.82) is 0 Å². The third-order valence-corrected chi connectivity index (χ3v) is 3.46. The third-order valence-electron chi connectivity index (χ3n) is 3.46. The van der Waals surface area contributed by atoms with E-state index in [9.17, 15) is 14.9 Å². The molecule has 0 bridgehead atoms. The first-order valence-corrected chi connectivity index (χ1v) is 8.06. The summed E-state index contributed by atoms with van der Waals surface area (Å²) in [6.07, 6.45) is 4.52.